The van der Waals surface area contributed by atoms with Gasteiger partial charge in [0.25, 0.3) is 0 Å². The molecule has 2 N–H and O–H groups in total. The number of rotatable bonds is 6. The molecule has 0 bridgehead atoms. The van der Waals surface area contributed by atoms with Crippen molar-refractivity contribution in [3.8, 4) is 5.75 Å². The Balaban J connectivity index is 1.72. The Morgan fingerprint density at radius 1 is 1.37 bits per heavy atom. The molecule has 0 spiro atoms. The van der Waals surface area contributed by atoms with Crippen molar-refractivity contribution >= 4 is 0 Å². The first kappa shape index (κ1) is 14.3. The van der Waals surface area contributed by atoms with E-state index in [2.05, 4.69) is 34.7 Å². The maximum absolute atomic E-state index is 5.44. The summed E-state index contributed by atoms with van der Waals surface area (Å²) in [5.41, 5.74) is 1.30. The highest BCUT2D eigenvalue weighted by Gasteiger charge is 2.17. The molecule has 4 heteroatoms. The molecule has 1 aromatic carbocycles. The zero-order valence-electron chi connectivity index (χ0n) is 12.0. The van der Waals surface area contributed by atoms with E-state index in [1.807, 2.05) is 19.1 Å². The molecule has 1 saturated heterocycles. The first-order valence-electron chi connectivity index (χ1n) is 7.13. The van der Waals surface area contributed by atoms with Gasteiger partial charge in [0.2, 0.25) is 0 Å². The molecular weight excluding hydrogens is 238 g/mol. The van der Waals surface area contributed by atoms with Crippen LogP contribution in [0.1, 0.15) is 12.5 Å². The number of hydrogen-bond acceptors (Lipinski definition) is 4. The first-order chi connectivity index (χ1) is 9.29. The molecule has 0 aromatic heterocycles. The fraction of sp³-hybridized carbons (Fsp3) is 0.600. The molecule has 1 aliphatic rings. The van der Waals surface area contributed by atoms with Crippen LogP contribution in [0.25, 0.3) is 0 Å². The number of nitrogens with zero attached hydrogens (tertiary/aromatic N) is 1. The Bertz CT molecular complexity index is 366. The van der Waals surface area contributed by atoms with Crippen molar-refractivity contribution in [2.24, 2.45) is 0 Å². The van der Waals surface area contributed by atoms with Crippen molar-refractivity contribution < 1.29 is 4.74 Å². The summed E-state index contributed by atoms with van der Waals surface area (Å²) in [6.07, 6.45) is 0. The van der Waals surface area contributed by atoms with E-state index < -0.39 is 0 Å². The molecule has 1 unspecified atom stereocenters. The first-order valence-corrected chi connectivity index (χ1v) is 7.13. The van der Waals surface area contributed by atoms with Crippen LogP contribution in [0, 0.1) is 0 Å². The number of likely N-dealkylation sites (N-methyl/N-ethyl adjacent to an activating group) is 1. The quantitative estimate of drug-likeness (QED) is 0.805. The highest BCUT2D eigenvalue weighted by Crippen LogP contribution is 2.11. The molecule has 106 valence electrons. The average Bonchev–Trinajstić information content (AvgIpc) is 2.43. The maximum atomic E-state index is 5.44. The fourth-order valence-electron chi connectivity index (χ4n) is 2.34. The topological polar surface area (TPSA) is 36.5 Å². The predicted molar refractivity (Wildman–Crippen MR) is 78.6 cm³/mol. The summed E-state index contributed by atoms with van der Waals surface area (Å²) in [5, 5.41) is 6.97. The summed E-state index contributed by atoms with van der Waals surface area (Å²) >= 11 is 0. The molecule has 1 fully saturated rings. The number of piperazine rings is 1. The molecule has 2 rings (SSSR count). The van der Waals surface area contributed by atoms with Gasteiger partial charge in [-0.15, -0.1) is 0 Å². The number of ether oxygens (including phenoxy) is 1. The minimum absolute atomic E-state index is 0.594. The van der Waals surface area contributed by atoms with Gasteiger partial charge in [-0.3, -0.25) is 4.90 Å². The van der Waals surface area contributed by atoms with E-state index in [-0.39, 0.29) is 0 Å². The minimum Gasteiger partial charge on any atom is -0.494 e. The molecule has 1 aromatic rings. The zero-order chi connectivity index (χ0) is 13.5. The zero-order valence-corrected chi connectivity index (χ0v) is 12.0. The second kappa shape index (κ2) is 7.48. The molecule has 19 heavy (non-hydrogen) atoms. The minimum atomic E-state index is 0.594. The van der Waals surface area contributed by atoms with Gasteiger partial charge in [-0.05, 0) is 31.7 Å². The van der Waals surface area contributed by atoms with Gasteiger partial charge in [0, 0.05) is 38.8 Å². The molecule has 0 saturated carbocycles. The van der Waals surface area contributed by atoms with E-state index >= 15 is 0 Å². The van der Waals surface area contributed by atoms with E-state index in [4.69, 9.17) is 4.74 Å². The van der Waals surface area contributed by atoms with Gasteiger partial charge in [-0.2, -0.15) is 0 Å². The summed E-state index contributed by atoms with van der Waals surface area (Å²) in [6, 6.07) is 8.92. The molecule has 0 aliphatic carbocycles. The molecule has 1 heterocycles. The Morgan fingerprint density at radius 2 is 2.16 bits per heavy atom. The second-order valence-corrected chi connectivity index (χ2v) is 5.05. The van der Waals surface area contributed by atoms with Gasteiger partial charge in [0.1, 0.15) is 5.75 Å². The van der Waals surface area contributed by atoms with E-state index in [1.54, 1.807) is 0 Å². The second-order valence-electron chi connectivity index (χ2n) is 5.05. The van der Waals surface area contributed by atoms with E-state index in [0.717, 1.165) is 45.1 Å². The van der Waals surface area contributed by atoms with Crippen molar-refractivity contribution in [2.45, 2.75) is 19.5 Å². The lowest BCUT2D eigenvalue weighted by molar-refractivity contribution is 0.195. The van der Waals surface area contributed by atoms with Crippen LogP contribution in [0.3, 0.4) is 0 Å². The van der Waals surface area contributed by atoms with Crippen LogP contribution < -0.4 is 15.4 Å². The molecule has 1 aliphatic heterocycles. The molecule has 0 amide bonds. The van der Waals surface area contributed by atoms with E-state index in [9.17, 15) is 0 Å². The van der Waals surface area contributed by atoms with Gasteiger partial charge in [0.15, 0.2) is 0 Å². The van der Waals surface area contributed by atoms with Crippen LogP contribution in [0.4, 0.5) is 0 Å². The van der Waals surface area contributed by atoms with Gasteiger partial charge in [-0.25, -0.2) is 0 Å². The van der Waals surface area contributed by atoms with Gasteiger partial charge in [0.05, 0.1) is 6.61 Å². The van der Waals surface area contributed by atoms with Crippen LogP contribution >= 0.6 is 0 Å². The van der Waals surface area contributed by atoms with Gasteiger partial charge in [-0.1, -0.05) is 12.1 Å². The smallest absolute Gasteiger partial charge is 0.119 e. The Morgan fingerprint density at radius 3 is 2.84 bits per heavy atom. The lowest BCUT2D eigenvalue weighted by Gasteiger charge is -2.33. The molecule has 4 nitrogen and oxygen atoms in total. The Labute approximate surface area is 116 Å². The number of hydrogen-bond donors (Lipinski definition) is 2. The third-order valence-electron chi connectivity index (χ3n) is 3.59. The fourth-order valence-corrected chi connectivity index (χ4v) is 2.34. The summed E-state index contributed by atoms with van der Waals surface area (Å²) in [5.74, 6) is 0.947. The summed E-state index contributed by atoms with van der Waals surface area (Å²) in [6.45, 7) is 7.98. The van der Waals surface area contributed by atoms with Crippen molar-refractivity contribution in [1.82, 2.24) is 15.5 Å². The lowest BCUT2D eigenvalue weighted by Crippen LogP contribution is -2.53. The summed E-state index contributed by atoms with van der Waals surface area (Å²) in [4.78, 5) is 2.42. The Hall–Kier alpha value is -1.10. The number of benzene rings is 1. The predicted octanol–water partition coefficient (Wildman–Crippen LogP) is 1.08. The largest absolute Gasteiger partial charge is 0.494 e. The SMILES string of the molecule is CCOc1ccc(CNCC2CNCCN2C)cc1. The standard InChI is InChI=1S/C15H25N3O/c1-3-19-15-6-4-13(5-7-15)10-17-12-14-11-16-8-9-18(14)2/h4-7,14,16-17H,3,8-12H2,1-2H3. The van der Waals surface area contributed by atoms with E-state index in [0.29, 0.717) is 6.04 Å². The van der Waals surface area contributed by atoms with Crippen molar-refractivity contribution in [3.05, 3.63) is 29.8 Å². The van der Waals surface area contributed by atoms with Crippen LogP contribution in [0.5, 0.6) is 5.75 Å². The van der Waals surface area contributed by atoms with Crippen LogP contribution in [0.15, 0.2) is 24.3 Å². The molecule has 0 radical (unpaired) electrons. The monoisotopic (exact) mass is 263 g/mol. The molecule has 1 atom stereocenters. The van der Waals surface area contributed by atoms with Crippen molar-refractivity contribution in [3.63, 3.8) is 0 Å². The average molecular weight is 263 g/mol. The van der Waals surface area contributed by atoms with Gasteiger partial charge >= 0.3 is 0 Å². The highest BCUT2D eigenvalue weighted by molar-refractivity contribution is 5.27. The van der Waals surface area contributed by atoms with Crippen molar-refractivity contribution in [2.75, 3.05) is 39.8 Å². The summed E-state index contributed by atoms with van der Waals surface area (Å²) in [7, 11) is 2.20. The number of nitrogens with one attached hydrogen (secondary N) is 2. The van der Waals surface area contributed by atoms with Crippen LogP contribution in [-0.4, -0.2) is 50.8 Å². The van der Waals surface area contributed by atoms with Crippen molar-refractivity contribution in [1.29, 1.82) is 0 Å². The lowest BCUT2D eigenvalue weighted by atomic mass is 10.2. The molecular formula is C15H25N3O. The van der Waals surface area contributed by atoms with Crippen LogP contribution in [0.2, 0.25) is 0 Å². The third kappa shape index (κ3) is 4.49. The normalized spacial score (nSPS) is 20.4. The third-order valence-corrected chi connectivity index (χ3v) is 3.59. The van der Waals surface area contributed by atoms with Gasteiger partial charge < -0.3 is 15.4 Å². The van der Waals surface area contributed by atoms with Crippen LogP contribution in [-0.2, 0) is 6.54 Å². The summed E-state index contributed by atoms with van der Waals surface area (Å²) < 4.78 is 5.44. The maximum Gasteiger partial charge on any atom is 0.119 e. The van der Waals surface area contributed by atoms with E-state index in [1.165, 1.54) is 5.56 Å². The Kier molecular flexibility index (Phi) is 5.63. The highest BCUT2D eigenvalue weighted by atomic mass is 16.5.